The van der Waals surface area contributed by atoms with Crippen LogP contribution in [-0.2, 0) is 4.79 Å². The molecule has 0 saturated heterocycles. The van der Waals surface area contributed by atoms with Gasteiger partial charge >= 0.3 is 0 Å². The van der Waals surface area contributed by atoms with Gasteiger partial charge in [-0.25, -0.2) is 5.01 Å². The van der Waals surface area contributed by atoms with Crippen molar-refractivity contribution in [1.82, 2.24) is 5.01 Å². The number of hydrogen-bond acceptors (Lipinski definition) is 5. The molecule has 0 aliphatic carbocycles. The van der Waals surface area contributed by atoms with Gasteiger partial charge in [0.1, 0.15) is 17.8 Å². The summed E-state index contributed by atoms with van der Waals surface area (Å²) < 4.78 is 10.9. The Bertz CT molecular complexity index is 1090. The smallest absolute Gasteiger partial charge is 0.281 e. The van der Waals surface area contributed by atoms with Gasteiger partial charge in [0, 0.05) is 12.0 Å². The molecule has 0 aromatic heterocycles. The summed E-state index contributed by atoms with van der Waals surface area (Å²) >= 11 is 0. The second-order valence-corrected chi connectivity index (χ2v) is 7.12. The van der Waals surface area contributed by atoms with Crippen LogP contribution in [0.3, 0.4) is 0 Å². The van der Waals surface area contributed by atoms with Crippen LogP contribution in [0.5, 0.6) is 11.5 Å². The lowest BCUT2D eigenvalue weighted by Gasteiger charge is -2.22. The Kier molecular flexibility index (Phi) is 6.08. The van der Waals surface area contributed by atoms with Crippen molar-refractivity contribution >= 4 is 17.9 Å². The fourth-order valence-electron chi connectivity index (χ4n) is 3.52. The second kappa shape index (κ2) is 9.26. The monoisotopic (exact) mass is 414 g/mol. The van der Waals surface area contributed by atoms with Crippen LogP contribution in [0.15, 0.2) is 84.0 Å². The highest BCUT2D eigenvalue weighted by molar-refractivity contribution is 6.03. The molecule has 0 spiro atoms. The highest BCUT2D eigenvalue weighted by Crippen LogP contribution is 2.33. The average molecular weight is 414 g/mol. The second-order valence-electron chi connectivity index (χ2n) is 7.12. The van der Waals surface area contributed by atoms with Crippen molar-refractivity contribution in [2.75, 3.05) is 13.7 Å². The van der Waals surface area contributed by atoms with Gasteiger partial charge in [0.15, 0.2) is 6.61 Å². The largest absolute Gasteiger partial charge is 0.497 e. The van der Waals surface area contributed by atoms with Crippen LogP contribution in [-0.4, -0.2) is 36.6 Å². The van der Waals surface area contributed by atoms with Crippen LogP contribution < -0.4 is 9.47 Å². The summed E-state index contributed by atoms with van der Waals surface area (Å²) in [6.07, 6.45) is 1.34. The predicted molar refractivity (Wildman–Crippen MR) is 118 cm³/mol. The van der Waals surface area contributed by atoms with E-state index in [-0.39, 0.29) is 18.6 Å². The maximum absolute atomic E-state index is 13.1. The number of rotatable bonds is 7. The van der Waals surface area contributed by atoms with Gasteiger partial charge in [-0.3, -0.25) is 9.59 Å². The molecule has 0 saturated carbocycles. The quantitative estimate of drug-likeness (QED) is 0.542. The summed E-state index contributed by atoms with van der Waals surface area (Å²) in [5.74, 6) is 0.955. The summed E-state index contributed by atoms with van der Waals surface area (Å²) in [4.78, 5) is 24.0. The molecule has 0 N–H and O–H groups in total. The summed E-state index contributed by atoms with van der Waals surface area (Å²) in [6, 6.07) is 23.9. The lowest BCUT2D eigenvalue weighted by atomic mass is 9.98. The molecule has 1 atom stereocenters. The molecule has 6 heteroatoms. The number of benzene rings is 3. The Labute approximate surface area is 180 Å². The van der Waals surface area contributed by atoms with E-state index in [9.17, 15) is 9.59 Å². The van der Waals surface area contributed by atoms with Crippen LogP contribution in [0.2, 0.25) is 0 Å². The van der Waals surface area contributed by atoms with Gasteiger partial charge in [-0.2, -0.15) is 5.10 Å². The number of amides is 1. The molecule has 31 heavy (non-hydrogen) atoms. The number of nitrogens with zero attached hydrogens (tertiary/aromatic N) is 2. The van der Waals surface area contributed by atoms with E-state index < -0.39 is 0 Å². The Morgan fingerprint density at radius 2 is 1.81 bits per heavy atom. The zero-order valence-electron chi connectivity index (χ0n) is 17.1. The summed E-state index contributed by atoms with van der Waals surface area (Å²) in [6.45, 7) is -0.180. The molecule has 4 rings (SSSR count). The number of methoxy groups -OCH3 is 1. The molecular formula is C25H22N2O4. The molecule has 1 amide bonds. The Balaban J connectivity index is 1.56. The normalized spacial score (nSPS) is 15.3. The van der Waals surface area contributed by atoms with E-state index >= 15 is 0 Å². The standard InChI is InChI=1S/C25H22N2O4/c1-30-21-12-10-20(11-13-21)24-15-23(19-7-3-2-4-8-19)26-27(24)25(29)17-31-22-9-5-6-18(14-22)16-28/h2-14,16,24H,15,17H2,1H3. The number of hydrazone groups is 1. The molecule has 1 unspecified atom stereocenters. The van der Waals surface area contributed by atoms with Gasteiger partial charge in [0.2, 0.25) is 0 Å². The van der Waals surface area contributed by atoms with Crippen LogP contribution >= 0.6 is 0 Å². The number of hydrogen-bond donors (Lipinski definition) is 0. The molecule has 1 aliphatic heterocycles. The van der Waals surface area contributed by atoms with Crippen LogP contribution in [0.4, 0.5) is 0 Å². The first-order valence-electron chi connectivity index (χ1n) is 9.95. The maximum Gasteiger partial charge on any atom is 0.281 e. The van der Waals surface area contributed by atoms with Gasteiger partial charge in [-0.05, 0) is 35.4 Å². The summed E-state index contributed by atoms with van der Waals surface area (Å²) in [7, 11) is 1.62. The zero-order valence-corrected chi connectivity index (χ0v) is 17.1. The number of carbonyl (C=O) groups is 2. The third-order valence-corrected chi connectivity index (χ3v) is 5.13. The third-order valence-electron chi connectivity index (χ3n) is 5.13. The van der Waals surface area contributed by atoms with Crippen molar-refractivity contribution in [3.05, 3.63) is 95.6 Å². The minimum atomic E-state index is -0.261. The molecule has 1 heterocycles. The van der Waals surface area contributed by atoms with Crippen molar-refractivity contribution in [1.29, 1.82) is 0 Å². The molecule has 1 aliphatic rings. The van der Waals surface area contributed by atoms with Crippen LogP contribution in [0, 0.1) is 0 Å². The average Bonchev–Trinajstić information content (AvgIpc) is 3.29. The van der Waals surface area contributed by atoms with E-state index in [1.807, 2.05) is 54.6 Å². The van der Waals surface area contributed by atoms with Gasteiger partial charge in [-0.15, -0.1) is 0 Å². The van der Waals surface area contributed by atoms with E-state index in [0.717, 1.165) is 28.9 Å². The Morgan fingerprint density at radius 3 is 2.52 bits per heavy atom. The SMILES string of the molecule is COc1ccc(C2CC(c3ccccc3)=NN2C(=O)COc2cccc(C=O)c2)cc1. The van der Waals surface area contributed by atoms with Crippen molar-refractivity contribution in [3.8, 4) is 11.5 Å². The molecular weight excluding hydrogens is 392 g/mol. The number of carbonyl (C=O) groups excluding carboxylic acids is 2. The lowest BCUT2D eigenvalue weighted by molar-refractivity contribution is -0.135. The van der Waals surface area contributed by atoms with E-state index in [1.54, 1.807) is 31.4 Å². The molecule has 6 nitrogen and oxygen atoms in total. The van der Waals surface area contributed by atoms with Gasteiger partial charge < -0.3 is 9.47 Å². The van der Waals surface area contributed by atoms with E-state index in [0.29, 0.717) is 17.7 Å². The fraction of sp³-hybridized carbons (Fsp3) is 0.160. The topological polar surface area (TPSA) is 68.2 Å². The molecule has 156 valence electrons. The van der Waals surface area contributed by atoms with Crippen LogP contribution in [0.1, 0.15) is 33.9 Å². The van der Waals surface area contributed by atoms with E-state index in [4.69, 9.17) is 9.47 Å². The predicted octanol–water partition coefficient (Wildman–Crippen LogP) is 4.26. The number of ether oxygens (including phenoxy) is 2. The molecule has 0 fully saturated rings. The van der Waals surface area contributed by atoms with Crippen molar-refractivity contribution < 1.29 is 19.1 Å². The first kappa shape index (κ1) is 20.3. The minimum absolute atomic E-state index is 0.180. The first-order chi connectivity index (χ1) is 15.2. The Morgan fingerprint density at radius 1 is 1.03 bits per heavy atom. The van der Waals surface area contributed by atoms with Crippen molar-refractivity contribution in [2.45, 2.75) is 12.5 Å². The molecule has 0 bridgehead atoms. The highest BCUT2D eigenvalue weighted by Gasteiger charge is 2.33. The van der Waals surface area contributed by atoms with E-state index in [1.165, 1.54) is 5.01 Å². The maximum atomic E-state index is 13.1. The minimum Gasteiger partial charge on any atom is -0.497 e. The molecule has 3 aromatic rings. The third kappa shape index (κ3) is 4.64. The summed E-state index contributed by atoms with van der Waals surface area (Å²) in [5, 5.41) is 6.13. The number of aldehydes is 1. The van der Waals surface area contributed by atoms with Crippen molar-refractivity contribution in [3.63, 3.8) is 0 Å². The first-order valence-corrected chi connectivity index (χ1v) is 9.95. The summed E-state index contributed by atoms with van der Waals surface area (Å²) in [5.41, 5.74) is 3.28. The van der Waals surface area contributed by atoms with Crippen LogP contribution in [0.25, 0.3) is 0 Å². The van der Waals surface area contributed by atoms with E-state index in [2.05, 4.69) is 5.10 Å². The molecule has 0 radical (unpaired) electrons. The Hall–Kier alpha value is -3.93. The lowest BCUT2D eigenvalue weighted by Crippen LogP contribution is -2.31. The van der Waals surface area contributed by atoms with Gasteiger partial charge in [0.05, 0.1) is 18.9 Å². The van der Waals surface area contributed by atoms with Crippen molar-refractivity contribution in [2.24, 2.45) is 5.10 Å². The van der Waals surface area contributed by atoms with Gasteiger partial charge in [-0.1, -0.05) is 54.6 Å². The fourth-order valence-corrected chi connectivity index (χ4v) is 3.52. The zero-order chi connectivity index (χ0) is 21.6. The highest BCUT2D eigenvalue weighted by atomic mass is 16.5. The van der Waals surface area contributed by atoms with Gasteiger partial charge in [0.25, 0.3) is 5.91 Å². The molecule has 3 aromatic carbocycles.